The van der Waals surface area contributed by atoms with Crippen molar-refractivity contribution in [3.05, 3.63) is 22.8 Å². The van der Waals surface area contributed by atoms with Crippen LogP contribution < -0.4 is 16.4 Å². The first-order valence-electron chi connectivity index (χ1n) is 6.36. The Kier molecular flexibility index (Phi) is 5.76. The molecule has 0 spiro atoms. The average molecular weight is 299 g/mol. The monoisotopic (exact) mass is 298 g/mol. The predicted molar refractivity (Wildman–Crippen MR) is 78.7 cm³/mol. The van der Waals surface area contributed by atoms with E-state index in [1.807, 2.05) is 6.92 Å². The Hall–Kier alpha value is -1.82. The van der Waals surface area contributed by atoms with Crippen LogP contribution in [0.1, 0.15) is 31.1 Å². The van der Waals surface area contributed by atoms with Gasteiger partial charge in [0.15, 0.2) is 0 Å². The first-order chi connectivity index (χ1) is 9.36. The van der Waals surface area contributed by atoms with Gasteiger partial charge in [-0.25, -0.2) is 4.98 Å². The van der Waals surface area contributed by atoms with Crippen LogP contribution in [0.4, 0.5) is 5.82 Å². The van der Waals surface area contributed by atoms with Gasteiger partial charge in [-0.3, -0.25) is 9.59 Å². The number of halogens is 1. The Morgan fingerprint density at radius 3 is 2.55 bits per heavy atom. The molecule has 0 radical (unpaired) electrons. The molecule has 7 heteroatoms. The third kappa shape index (κ3) is 4.09. The van der Waals surface area contributed by atoms with Crippen LogP contribution in [-0.2, 0) is 4.79 Å². The lowest BCUT2D eigenvalue weighted by molar-refractivity contribution is -0.120. The number of primary amides is 1. The molecule has 20 heavy (non-hydrogen) atoms. The van der Waals surface area contributed by atoms with Gasteiger partial charge in [0, 0.05) is 12.7 Å². The maximum atomic E-state index is 12.0. The first kappa shape index (κ1) is 16.2. The molecule has 0 saturated heterocycles. The van der Waals surface area contributed by atoms with E-state index in [0.29, 0.717) is 17.4 Å². The fraction of sp³-hybridized carbons (Fsp3) is 0.462. The summed E-state index contributed by atoms with van der Waals surface area (Å²) in [6.45, 7) is 6.19. The van der Waals surface area contributed by atoms with Crippen LogP contribution in [0.25, 0.3) is 0 Å². The molecule has 2 amide bonds. The summed E-state index contributed by atoms with van der Waals surface area (Å²) in [6, 6.07) is 0.773. The van der Waals surface area contributed by atoms with Gasteiger partial charge in [0.1, 0.15) is 11.9 Å². The summed E-state index contributed by atoms with van der Waals surface area (Å²) in [5.41, 5.74) is 5.53. The largest absolute Gasteiger partial charge is 0.369 e. The number of anilines is 1. The Balaban J connectivity index is 2.87. The van der Waals surface area contributed by atoms with E-state index in [1.54, 1.807) is 13.8 Å². The number of nitrogens with zero attached hydrogens (tertiary/aromatic N) is 1. The van der Waals surface area contributed by atoms with Gasteiger partial charge in [-0.05, 0) is 18.9 Å². The Bertz CT molecular complexity index is 505. The molecular formula is C13H19ClN4O2. The number of pyridine rings is 1. The predicted octanol–water partition coefficient (Wildman–Crippen LogP) is 1.41. The molecule has 1 heterocycles. The van der Waals surface area contributed by atoms with E-state index in [-0.39, 0.29) is 11.5 Å². The lowest BCUT2D eigenvalue weighted by atomic mass is 10.0. The highest BCUT2D eigenvalue weighted by molar-refractivity contribution is 6.33. The summed E-state index contributed by atoms with van der Waals surface area (Å²) in [5, 5.41) is 5.90. The van der Waals surface area contributed by atoms with Gasteiger partial charge < -0.3 is 16.4 Å². The van der Waals surface area contributed by atoms with Crippen LogP contribution in [0.5, 0.6) is 0 Å². The minimum Gasteiger partial charge on any atom is -0.369 e. The molecular weight excluding hydrogens is 280 g/mol. The Morgan fingerprint density at radius 2 is 2.10 bits per heavy atom. The summed E-state index contributed by atoms with van der Waals surface area (Å²) in [6.07, 6.45) is 1.40. The van der Waals surface area contributed by atoms with Crippen molar-refractivity contribution in [3.8, 4) is 0 Å². The van der Waals surface area contributed by atoms with Crippen molar-refractivity contribution >= 4 is 29.2 Å². The molecule has 1 aromatic rings. The third-order valence-corrected chi connectivity index (χ3v) is 3.00. The molecule has 0 saturated carbocycles. The summed E-state index contributed by atoms with van der Waals surface area (Å²) < 4.78 is 0. The second-order valence-electron chi connectivity index (χ2n) is 4.68. The van der Waals surface area contributed by atoms with E-state index >= 15 is 0 Å². The maximum Gasteiger partial charge on any atom is 0.253 e. The highest BCUT2D eigenvalue weighted by atomic mass is 35.5. The van der Waals surface area contributed by atoms with Crippen LogP contribution in [0, 0.1) is 5.92 Å². The van der Waals surface area contributed by atoms with E-state index in [1.165, 1.54) is 12.3 Å². The highest BCUT2D eigenvalue weighted by Crippen LogP contribution is 2.20. The van der Waals surface area contributed by atoms with E-state index in [2.05, 4.69) is 15.6 Å². The van der Waals surface area contributed by atoms with Crippen molar-refractivity contribution in [1.29, 1.82) is 0 Å². The van der Waals surface area contributed by atoms with Gasteiger partial charge in [-0.2, -0.15) is 0 Å². The Labute approximate surface area is 123 Å². The average Bonchev–Trinajstić information content (AvgIpc) is 2.37. The minimum atomic E-state index is -0.727. The number of nitrogens with two attached hydrogens (primary N) is 1. The molecule has 0 aliphatic carbocycles. The zero-order chi connectivity index (χ0) is 15.3. The lowest BCUT2D eigenvalue weighted by Gasteiger charge is -2.19. The Morgan fingerprint density at radius 1 is 1.45 bits per heavy atom. The number of nitrogens with one attached hydrogen (secondary N) is 2. The zero-order valence-electron chi connectivity index (χ0n) is 11.7. The van der Waals surface area contributed by atoms with Crippen LogP contribution in [0.3, 0.4) is 0 Å². The van der Waals surface area contributed by atoms with Gasteiger partial charge in [0.25, 0.3) is 5.91 Å². The number of carbonyl (C=O) groups is 2. The van der Waals surface area contributed by atoms with Crippen LogP contribution >= 0.6 is 11.6 Å². The van der Waals surface area contributed by atoms with Crippen LogP contribution in [0.15, 0.2) is 12.3 Å². The molecule has 0 fully saturated rings. The minimum absolute atomic E-state index is 0.0964. The van der Waals surface area contributed by atoms with Gasteiger partial charge in [0.2, 0.25) is 5.91 Å². The summed E-state index contributed by atoms with van der Waals surface area (Å²) in [4.78, 5) is 27.4. The molecule has 0 bridgehead atoms. The SMILES string of the molecule is CCNc1ncc(C(=O)NC(C(N)=O)C(C)C)cc1Cl. The van der Waals surface area contributed by atoms with Gasteiger partial charge in [0.05, 0.1) is 10.6 Å². The number of carbonyl (C=O) groups excluding carboxylic acids is 2. The molecule has 1 atom stereocenters. The maximum absolute atomic E-state index is 12.0. The fourth-order valence-corrected chi connectivity index (χ4v) is 1.88. The van der Waals surface area contributed by atoms with Crippen LogP contribution in [-0.4, -0.2) is 29.4 Å². The van der Waals surface area contributed by atoms with Gasteiger partial charge in [-0.1, -0.05) is 25.4 Å². The smallest absolute Gasteiger partial charge is 0.253 e. The number of hydrogen-bond donors (Lipinski definition) is 3. The first-order valence-corrected chi connectivity index (χ1v) is 6.74. The number of aromatic nitrogens is 1. The second-order valence-corrected chi connectivity index (χ2v) is 5.09. The van der Waals surface area contributed by atoms with Crippen molar-refractivity contribution in [1.82, 2.24) is 10.3 Å². The molecule has 0 aliphatic rings. The lowest BCUT2D eigenvalue weighted by Crippen LogP contribution is -2.47. The quantitative estimate of drug-likeness (QED) is 0.739. The number of hydrogen-bond acceptors (Lipinski definition) is 4. The van der Waals surface area contributed by atoms with E-state index in [4.69, 9.17) is 17.3 Å². The number of rotatable bonds is 6. The molecule has 110 valence electrons. The molecule has 0 aliphatic heterocycles. The van der Waals surface area contributed by atoms with E-state index in [0.717, 1.165) is 0 Å². The van der Waals surface area contributed by atoms with Crippen LogP contribution in [0.2, 0.25) is 5.02 Å². The van der Waals surface area contributed by atoms with E-state index in [9.17, 15) is 9.59 Å². The molecule has 4 N–H and O–H groups in total. The normalized spacial score (nSPS) is 12.1. The van der Waals surface area contributed by atoms with Crippen molar-refractivity contribution in [3.63, 3.8) is 0 Å². The molecule has 6 nitrogen and oxygen atoms in total. The van der Waals surface area contributed by atoms with Gasteiger partial charge >= 0.3 is 0 Å². The second kappa shape index (κ2) is 7.09. The molecule has 1 unspecified atom stereocenters. The van der Waals surface area contributed by atoms with Crippen molar-refractivity contribution in [2.75, 3.05) is 11.9 Å². The van der Waals surface area contributed by atoms with Crippen molar-refractivity contribution in [2.24, 2.45) is 11.7 Å². The van der Waals surface area contributed by atoms with Crippen molar-refractivity contribution < 1.29 is 9.59 Å². The van der Waals surface area contributed by atoms with Crippen molar-refractivity contribution in [2.45, 2.75) is 26.8 Å². The number of amides is 2. The van der Waals surface area contributed by atoms with Gasteiger partial charge in [-0.15, -0.1) is 0 Å². The molecule has 1 aromatic heterocycles. The summed E-state index contributed by atoms with van der Waals surface area (Å²) in [7, 11) is 0. The fourth-order valence-electron chi connectivity index (χ4n) is 1.65. The topological polar surface area (TPSA) is 97.1 Å². The highest BCUT2D eigenvalue weighted by Gasteiger charge is 2.22. The van der Waals surface area contributed by atoms with E-state index < -0.39 is 17.9 Å². The summed E-state index contributed by atoms with van der Waals surface area (Å²) in [5.74, 6) is -0.585. The standard InChI is InChI=1S/C13H19ClN4O2/c1-4-16-12-9(14)5-8(6-17-12)13(20)18-10(7(2)3)11(15)19/h5-7,10H,4H2,1-3H3,(H2,15,19)(H,16,17)(H,18,20). The molecule has 1 rings (SSSR count). The summed E-state index contributed by atoms with van der Waals surface area (Å²) >= 11 is 6.02. The molecule has 0 aromatic carbocycles. The third-order valence-electron chi connectivity index (χ3n) is 2.71. The zero-order valence-corrected chi connectivity index (χ0v) is 12.5.